The molecule has 0 spiro atoms. The van der Waals surface area contributed by atoms with Crippen LogP contribution in [-0.4, -0.2) is 34.2 Å². The van der Waals surface area contributed by atoms with E-state index in [0.29, 0.717) is 5.92 Å². The Bertz CT molecular complexity index is 646. The second kappa shape index (κ2) is 6.75. The average molecular weight is 331 g/mol. The minimum atomic E-state index is 0.546. The maximum atomic E-state index is 5.99. The number of ether oxygens (including phenoxy) is 1. The van der Waals surface area contributed by atoms with Crippen molar-refractivity contribution >= 4 is 11.3 Å². The quantitative estimate of drug-likeness (QED) is 0.813. The normalized spacial score (nSPS) is 22.0. The van der Waals surface area contributed by atoms with Gasteiger partial charge in [0.25, 0.3) is 0 Å². The topological polar surface area (TPSA) is 30.3 Å². The third kappa shape index (κ3) is 3.84. The van der Waals surface area contributed by atoms with Gasteiger partial charge in [-0.05, 0) is 42.7 Å². The van der Waals surface area contributed by atoms with Crippen molar-refractivity contribution in [3.05, 3.63) is 40.1 Å². The van der Waals surface area contributed by atoms with Gasteiger partial charge in [-0.2, -0.15) is 0 Å². The third-order valence-corrected chi connectivity index (χ3v) is 5.90. The lowest BCUT2D eigenvalue weighted by Gasteiger charge is -2.23. The molecule has 2 aromatic rings. The molecule has 0 saturated heterocycles. The van der Waals surface area contributed by atoms with Gasteiger partial charge in [0.15, 0.2) is 0 Å². The third-order valence-electron chi connectivity index (χ3n) is 4.89. The molecule has 1 aliphatic heterocycles. The van der Waals surface area contributed by atoms with Gasteiger partial charge in [-0.25, -0.2) is 4.98 Å². The molecular formula is C18H25N3OS. The summed E-state index contributed by atoms with van der Waals surface area (Å²) in [5.41, 5.74) is 2.73. The first-order valence-corrected chi connectivity index (χ1v) is 9.48. The van der Waals surface area contributed by atoms with Crippen molar-refractivity contribution in [1.29, 1.82) is 0 Å². The molecule has 1 atom stereocenters. The van der Waals surface area contributed by atoms with Crippen LogP contribution in [0.15, 0.2) is 24.0 Å². The number of rotatable bonds is 6. The highest BCUT2D eigenvalue weighted by molar-refractivity contribution is 7.10. The van der Waals surface area contributed by atoms with Crippen LogP contribution in [0.5, 0.6) is 0 Å². The van der Waals surface area contributed by atoms with Crippen LogP contribution < -0.4 is 0 Å². The first kappa shape index (κ1) is 15.4. The zero-order chi connectivity index (χ0) is 15.6. The molecule has 0 N–H and O–H groups in total. The number of thiophene rings is 1. The van der Waals surface area contributed by atoms with E-state index in [4.69, 9.17) is 4.74 Å². The summed E-state index contributed by atoms with van der Waals surface area (Å²) < 4.78 is 8.31. The molecule has 0 radical (unpaired) electrons. The lowest BCUT2D eigenvalue weighted by molar-refractivity contribution is 0.0706. The van der Waals surface area contributed by atoms with Crippen molar-refractivity contribution < 1.29 is 4.74 Å². The summed E-state index contributed by atoms with van der Waals surface area (Å²) in [6.07, 6.45) is 6.71. The average Bonchev–Trinajstić information content (AvgIpc) is 3.17. The monoisotopic (exact) mass is 331 g/mol. The highest BCUT2D eigenvalue weighted by Gasteiger charge is 2.25. The SMILES string of the molecule is Cc1ccsc1CN1Cc2cncn2C[C@H](COCC2CC2)C1. The summed E-state index contributed by atoms with van der Waals surface area (Å²) in [6.45, 7) is 8.18. The van der Waals surface area contributed by atoms with Crippen molar-refractivity contribution in [2.45, 2.75) is 39.4 Å². The minimum absolute atomic E-state index is 0.546. The molecular weight excluding hydrogens is 306 g/mol. The summed E-state index contributed by atoms with van der Waals surface area (Å²) in [7, 11) is 0. The van der Waals surface area contributed by atoms with E-state index in [1.807, 2.05) is 23.9 Å². The second-order valence-electron chi connectivity index (χ2n) is 7.08. The van der Waals surface area contributed by atoms with Crippen LogP contribution in [0.25, 0.3) is 0 Å². The molecule has 4 nitrogen and oxygen atoms in total. The number of fused-ring (bicyclic) bond motifs is 1. The number of hydrogen-bond acceptors (Lipinski definition) is 4. The standard InChI is InChI=1S/C18H25N3OS/c1-14-4-5-23-18(14)10-20-7-16(12-22-11-15-2-3-15)8-21-13-19-6-17(21)9-20/h4-6,13,15-16H,2-3,7-12H2,1H3/t16-/m1/s1. The molecule has 0 aromatic carbocycles. The van der Waals surface area contributed by atoms with Crippen molar-refractivity contribution in [1.82, 2.24) is 14.5 Å². The van der Waals surface area contributed by atoms with E-state index in [9.17, 15) is 0 Å². The summed E-state index contributed by atoms with van der Waals surface area (Å²) in [5, 5.41) is 2.20. The van der Waals surface area contributed by atoms with Gasteiger partial charge >= 0.3 is 0 Å². The summed E-state index contributed by atoms with van der Waals surface area (Å²) in [5.74, 6) is 1.39. The fraction of sp³-hybridized carbons (Fsp3) is 0.611. The Morgan fingerprint density at radius 3 is 2.91 bits per heavy atom. The first-order valence-electron chi connectivity index (χ1n) is 8.60. The van der Waals surface area contributed by atoms with E-state index in [1.165, 1.54) is 29.0 Å². The summed E-state index contributed by atoms with van der Waals surface area (Å²) >= 11 is 1.87. The Morgan fingerprint density at radius 2 is 2.13 bits per heavy atom. The van der Waals surface area contributed by atoms with Gasteiger partial charge < -0.3 is 9.30 Å². The van der Waals surface area contributed by atoms with Crippen molar-refractivity contribution in [2.75, 3.05) is 19.8 Å². The highest BCUT2D eigenvalue weighted by Crippen LogP contribution is 2.29. The molecule has 4 rings (SSSR count). The number of nitrogens with zero attached hydrogens (tertiary/aromatic N) is 3. The second-order valence-corrected chi connectivity index (χ2v) is 8.08. The number of aryl methyl sites for hydroxylation is 1. The Morgan fingerprint density at radius 1 is 1.26 bits per heavy atom. The van der Waals surface area contributed by atoms with Gasteiger partial charge in [-0.1, -0.05) is 0 Å². The van der Waals surface area contributed by atoms with E-state index in [2.05, 4.69) is 32.8 Å². The van der Waals surface area contributed by atoms with E-state index in [-0.39, 0.29) is 0 Å². The number of aromatic nitrogens is 2. The molecule has 3 heterocycles. The predicted molar refractivity (Wildman–Crippen MR) is 92.4 cm³/mol. The van der Waals surface area contributed by atoms with Crippen molar-refractivity contribution in [3.63, 3.8) is 0 Å². The van der Waals surface area contributed by atoms with Crippen LogP contribution in [-0.2, 0) is 24.4 Å². The maximum Gasteiger partial charge on any atom is 0.0948 e. The molecule has 124 valence electrons. The molecule has 2 aromatic heterocycles. The van der Waals surface area contributed by atoms with E-state index >= 15 is 0 Å². The maximum absolute atomic E-state index is 5.99. The first-order chi connectivity index (χ1) is 11.3. The molecule has 23 heavy (non-hydrogen) atoms. The lowest BCUT2D eigenvalue weighted by atomic mass is 10.1. The fourth-order valence-electron chi connectivity index (χ4n) is 3.32. The van der Waals surface area contributed by atoms with Crippen LogP contribution >= 0.6 is 11.3 Å². The van der Waals surface area contributed by atoms with Crippen LogP contribution in [0.3, 0.4) is 0 Å². The molecule has 1 saturated carbocycles. The van der Waals surface area contributed by atoms with Crippen LogP contribution in [0.1, 0.15) is 29.0 Å². The van der Waals surface area contributed by atoms with Gasteiger partial charge in [0.2, 0.25) is 0 Å². The molecule has 0 amide bonds. The van der Waals surface area contributed by atoms with Gasteiger partial charge in [0.05, 0.1) is 18.6 Å². The van der Waals surface area contributed by atoms with Crippen LogP contribution in [0.4, 0.5) is 0 Å². The van der Waals surface area contributed by atoms with Gasteiger partial charge in [0, 0.05) is 49.8 Å². The summed E-state index contributed by atoms with van der Waals surface area (Å²) in [6, 6.07) is 2.22. The van der Waals surface area contributed by atoms with Gasteiger partial charge in [-0.15, -0.1) is 11.3 Å². The molecule has 1 fully saturated rings. The number of imidazole rings is 1. The Hall–Kier alpha value is -1.17. The van der Waals surface area contributed by atoms with E-state index in [0.717, 1.165) is 45.3 Å². The van der Waals surface area contributed by atoms with E-state index < -0.39 is 0 Å². The zero-order valence-electron chi connectivity index (χ0n) is 13.8. The largest absolute Gasteiger partial charge is 0.381 e. The Balaban J connectivity index is 1.43. The minimum Gasteiger partial charge on any atom is -0.381 e. The predicted octanol–water partition coefficient (Wildman–Crippen LogP) is 3.31. The van der Waals surface area contributed by atoms with Gasteiger partial charge in [0.1, 0.15) is 0 Å². The number of hydrogen-bond donors (Lipinski definition) is 0. The van der Waals surface area contributed by atoms with E-state index in [1.54, 1.807) is 0 Å². The molecule has 0 bridgehead atoms. The molecule has 5 heteroatoms. The van der Waals surface area contributed by atoms with Crippen LogP contribution in [0.2, 0.25) is 0 Å². The lowest BCUT2D eigenvalue weighted by Crippen LogP contribution is -2.30. The van der Waals surface area contributed by atoms with Crippen LogP contribution in [0, 0.1) is 18.8 Å². The van der Waals surface area contributed by atoms with Crippen molar-refractivity contribution in [3.8, 4) is 0 Å². The van der Waals surface area contributed by atoms with Crippen molar-refractivity contribution in [2.24, 2.45) is 11.8 Å². The molecule has 1 aliphatic carbocycles. The summed E-state index contributed by atoms with van der Waals surface area (Å²) in [4.78, 5) is 8.39. The zero-order valence-corrected chi connectivity index (χ0v) is 14.6. The Kier molecular flexibility index (Phi) is 4.51. The van der Waals surface area contributed by atoms with Gasteiger partial charge in [-0.3, -0.25) is 4.90 Å². The Labute approximate surface area is 142 Å². The molecule has 2 aliphatic rings. The smallest absolute Gasteiger partial charge is 0.0948 e. The molecule has 0 unspecified atom stereocenters. The highest BCUT2D eigenvalue weighted by atomic mass is 32.1. The fourth-order valence-corrected chi connectivity index (χ4v) is 4.27.